The molecule has 1 fully saturated rings. The molecule has 1 aromatic carbocycles. The molecular formula is C25H28N4O5S. The summed E-state index contributed by atoms with van der Waals surface area (Å²) in [5.74, 6) is -2.23. The molecule has 2 heterocycles. The van der Waals surface area contributed by atoms with Gasteiger partial charge in [-0.15, -0.1) is 11.3 Å². The number of likely N-dealkylation sites (N-methyl/N-ethyl adjacent to an activating group) is 1. The van der Waals surface area contributed by atoms with Crippen LogP contribution in [0.15, 0.2) is 41.8 Å². The Kier molecular flexibility index (Phi) is 7.20. The third-order valence-electron chi connectivity index (χ3n) is 6.52. The zero-order valence-corrected chi connectivity index (χ0v) is 20.2. The number of fused-ring (bicyclic) bond motifs is 1. The number of thiophene rings is 1. The summed E-state index contributed by atoms with van der Waals surface area (Å²) in [4.78, 5) is 50.9. The van der Waals surface area contributed by atoms with E-state index >= 15 is 0 Å². The Bertz CT molecular complexity index is 1270. The van der Waals surface area contributed by atoms with Gasteiger partial charge in [0.15, 0.2) is 0 Å². The van der Waals surface area contributed by atoms with Crippen molar-refractivity contribution in [3.8, 4) is 0 Å². The van der Waals surface area contributed by atoms with E-state index < -0.39 is 11.9 Å². The molecule has 4 rings (SSSR count). The van der Waals surface area contributed by atoms with Crippen LogP contribution in [-0.4, -0.2) is 46.0 Å². The van der Waals surface area contributed by atoms with Gasteiger partial charge in [-0.1, -0.05) is 6.07 Å². The molecule has 1 aliphatic carbocycles. The van der Waals surface area contributed by atoms with Crippen LogP contribution in [0.3, 0.4) is 0 Å². The summed E-state index contributed by atoms with van der Waals surface area (Å²) in [5.41, 5.74) is 7.45. The first kappa shape index (κ1) is 24.5. The minimum absolute atomic E-state index is 0.0522. The lowest BCUT2D eigenvalue weighted by Crippen LogP contribution is -2.40. The van der Waals surface area contributed by atoms with Crippen LogP contribution < -0.4 is 16.0 Å². The van der Waals surface area contributed by atoms with E-state index in [9.17, 15) is 24.3 Å². The predicted octanol–water partition coefficient (Wildman–Crippen LogP) is 3.23. The predicted molar refractivity (Wildman–Crippen MR) is 134 cm³/mol. The summed E-state index contributed by atoms with van der Waals surface area (Å²) >= 11 is 1.49. The Morgan fingerprint density at radius 1 is 1.14 bits per heavy atom. The fraction of sp³-hybridized carbons (Fsp3) is 0.360. The number of hydrogen-bond acceptors (Lipinski definition) is 5. The van der Waals surface area contributed by atoms with Gasteiger partial charge in [-0.2, -0.15) is 0 Å². The second-order valence-electron chi connectivity index (χ2n) is 8.70. The lowest BCUT2D eigenvalue weighted by molar-refractivity contribution is -0.142. The molecule has 9 nitrogen and oxygen atoms in total. The van der Waals surface area contributed by atoms with Crippen LogP contribution in [0.4, 0.5) is 5.69 Å². The van der Waals surface area contributed by atoms with Gasteiger partial charge in [0.25, 0.3) is 5.91 Å². The fourth-order valence-electron chi connectivity index (χ4n) is 4.63. The van der Waals surface area contributed by atoms with Crippen LogP contribution in [0, 0.1) is 5.92 Å². The zero-order chi connectivity index (χ0) is 25.1. The number of carboxylic acids is 1. The van der Waals surface area contributed by atoms with E-state index in [1.54, 1.807) is 39.8 Å². The monoisotopic (exact) mass is 496 g/mol. The molecule has 2 aromatic heterocycles. The highest BCUT2D eigenvalue weighted by atomic mass is 32.1. The number of carbonyl (C=O) groups is 4. The van der Waals surface area contributed by atoms with Crippen molar-refractivity contribution in [3.05, 3.63) is 53.0 Å². The number of carbonyl (C=O) groups excluding carboxylic acids is 3. The molecule has 0 bridgehead atoms. The van der Waals surface area contributed by atoms with Crippen molar-refractivity contribution in [1.29, 1.82) is 0 Å². The third kappa shape index (κ3) is 5.22. The van der Waals surface area contributed by atoms with Gasteiger partial charge in [0.2, 0.25) is 11.8 Å². The molecule has 0 radical (unpaired) electrons. The summed E-state index contributed by atoms with van der Waals surface area (Å²) in [6.45, 7) is 2.17. The summed E-state index contributed by atoms with van der Waals surface area (Å²) in [5, 5.41) is 14.1. The number of benzene rings is 1. The highest BCUT2D eigenvalue weighted by Crippen LogP contribution is 2.28. The molecular weight excluding hydrogens is 468 g/mol. The van der Waals surface area contributed by atoms with Gasteiger partial charge in [0.1, 0.15) is 12.2 Å². The van der Waals surface area contributed by atoms with Crippen molar-refractivity contribution in [2.45, 2.75) is 45.2 Å². The number of rotatable bonds is 8. The topological polar surface area (TPSA) is 135 Å². The number of aliphatic carboxylic acids is 1. The maximum absolute atomic E-state index is 13.4. The van der Waals surface area contributed by atoms with Crippen molar-refractivity contribution in [2.24, 2.45) is 11.7 Å². The molecule has 4 N–H and O–H groups in total. The number of nitrogens with one attached hydrogen (secondary N) is 1. The van der Waals surface area contributed by atoms with Gasteiger partial charge in [-0.3, -0.25) is 19.2 Å². The number of primary amides is 1. The maximum Gasteiger partial charge on any atom is 0.306 e. The highest BCUT2D eigenvalue weighted by molar-refractivity contribution is 7.17. The van der Waals surface area contributed by atoms with E-state index in [-0.39, 0.29) is 30.3 Å². The Hall–Kier alpha value is -3.66. The zero-order valence-electron chi connectivity index (χ0n) is 19.4. The molecule has 0 aliphatic heterocycles. The molecule has 0 spiro atoms. The maximum atomic E-state index is 13.4. The normalized spacial score (nSPS) is 17.7. The van der Waals surface area contributed by atoms with Crippen molar-refractivity contribution < 1.29 is 24.3 Å². The minimum atomic E-state index is -0.788. The van der Waals surface area contributed by atoms with Crippen LogP contribution in [0.25, 0.3) is 10.2 Å². The van der Waals surface area contributed by atoms with Crippen LogP contribution in [0.5, 0.6) is 0 Å². The van der Waals surface area contributed by atoms with E-state index in [4.69, 9.17) is 5.73 Å². The second kappa shape index (κ2) is 10.3. The van der Waals surface area contributed by atoms with Crippen LogP contribution >= 0.6 is 11.3 Å². The molecule has 0 unspecified atom stereocenters. The molecule has 1 saturated carbocycles. The first-order valence-corrected chi connectivity index (χ1v) is 12.5. The van der Waals surface area contributed by atoms with Gasteiger partial charge in [-0.25, -0.2) is 0 Å². The molecule has 0 saturated heterocycles. The first-order valence-electron chi connectivity index (χ1n) is 11.6. The van der Waals surface area contributed by atoms with Gasteiger partial charge < -0.3 is 25.6 Å². The molecule has 10 heteroatoms. The summed E-state index contributed by atoms with van der Waals surface area (Å²) in [7, 11) is 0. The Morgan fingerprint density at radius 3 is 2.54 bits per heavy atom. The Balaban J connectivity index is 1.54. The van der Waals surface area contributed by atoms with Gasteiger partial charge in [0, 0.05) is 23.8 Å². The highest BCUT2D eigenvalue weighted by Gasteiger charge is 2.28. The van der Waals surface area contributed by atoms with E-state index in [1.165, 1.54) is 11.3 Å². The molecule has 3 aromatic rings. The van der Waals surface area contributed by atoms with Crippen LogP contribution in [0.1, 0.15) is 53.5 Å². The SMILES string of the molecule is CCN(C(=O)Cn1c(C(=O)N[C@H]2CC[C@H](C(=O)O)CC2)cc2sccc21)c1cccc(C(N)=O)c1. The van der Waals surface area contributed by atoms with E-state index in [1.807, 2.05) is 18.4 Å². The number of nitrogens with two attached hydrogens (primary N) is 1. The summed E-state index contributed by atoms with van der Waals surface area (Å²) in [6.07, 6.45) is 2.28. The molecule has 3 amide bonds. The number of nitrogens with zero attached hydrogens (tertiary/aromatic N) is 2. The van der Waals surface area contributed by atoms with Crippen molar-refractivity contribution in [2.75, 3.05) is 11.4 Å². The molecule has 0 atom stereocenters. The molecule has 35 heavy (non-hydrogen) atoms. The Labute approximate surface area is 206 Å². The number of hydrogen-bond donors (Lipinski definition) is 3. The average molecular weight is 497 g/mol. The lowest BCUT2D eigenvalue weighted by atomic mass is 9.86. The first-order chi connectivity index (χ1) is 16.8. The number of aromatic nitrogens is 1. The van der Waals surface area contributed by atoms with E-state index in [2.05, 4.69) is 5.32 Å². The van der Waals surface area contributed by atoms with Gasteiger partial charge in [0.05, 0.1) is 16.1 Å². The van der Waals surface area contributed by atoms with Crippen LogP contribution in [0.2, 0.25) is 0 Å². The number of carboxylic acid groups (broad SMARTS) is 1. The summed E-state index contributed by atoms with van der Waals surface area (Å²) < 4.78 is 2.61. The van der Waals surface area contributed by atoms with E-state index in [0.717, 1.165) is 10.2 Å². The number of anilines is 1. The lowest BCUT2D eigenvalue weighted by Gasteiger charge is -2.27. The van der Waals surface area contributed by atoms with Gasteiger partial charge in [-0.05, 0) is 68.3 Å². The second-order valence-corrected chi connectivity index (χ2v) is 9.65. The summed E-state index contributed by atoms with van der Waals surface area (Å²) in [6, 6.07) is 10.2. The van der Waals surface area contributed by atoms with Crippen molar-refractivity contribution in [1.82, 2.24) is 9.88 Å². The standard InChI is InChI=1S/C25H28N4O5S/c1-2-28(18-5-3-4-16(12-18)23(26)31)22(30)14-29-19-10-11-35-21(19)13-20(29)24(32)27-17-8-6-15(7-9-17)25(33)34/h3-5,10-13,15,17H,2,6-9,14H2,1H3,(H2,26,31)(H,27,32)(H,33,34)/t15-,17-. The largest absolute Gasteiger partial charge is 0.481 e. The van der Waals surface area contributed by atoms with Crippen molar-refractivity contribution >= 4 is 50.9 Å². The molecule has 184 valence electrons. The molecule has 1 aliphatic rings. The van der Waals surface area contributed by atoms with Gasteiger partial charge >= 0.3 is 5.97 Å². The van der Waals surface area contributed by atoms with Crippen LogP contribution in [-0.2, 0) is 16.1 Å². The fourth-order valence-corrected chi connectivity index (χ4v) is 5.45. The van der Waals surface area contributed by atoms with Crippen molar-refractivity contribution in [3.63, 3.8) is 0 Å². The quantitative estimate of drug-likeness (QED) is 0.440. The third-order valence-corrected chi connectivity index (χ3v) is 7.37. The minimum Gasteiger partial charge on any atom is -0.481 e. The number of amides is 3. The smallest absolute Gasteiger partial charge is 0.306 e. The Morgan fingerprint density at radius 2 is 1.89 bits per heavy atom. The average Bonchev–Trinajstić information content (AvgIpc) is 3.43. The van der Waals surface area contributed by atoms with E-state index in [0.29, 0.717) is 49.2 Å².